The van der Waals surface area contributed by atoms with Gasteiger partial charge in [0.15, 0.2) is 8.32 Å². The first-order valence-electron chi connectivity index (χ1n) is 6.46. The Morgan fingerprint density at radius 3 is 1.78 bits per heavy atom. The van der Waals surface area contributed by atoms with Gasteiger partial charge in [0.2, 0.25) is 8.32 Å². The zero-order valence-corrected chi connectivity index (χ0v) is 15.4. The fourth-order valence-corrected chi connectivity index (χ4v) is 2.86. The predicted octanol–water partition coefficient (Wildman–Crippen LogP) is 4.93. The van der Waals surface area contributed by atoms with E-state index in [-0.39, 0.29) is 5.04 Å². The van der Waals surface area contributed by atoms with Gasteiger partial charge in [0.25, 0.3) is 0 Å². The minimum Gasteiger partial charge on any atom is -0.544 e. The molecular formula is C14H30O2Si2. The van der Waals surface area contributed by atoms with Gasteiger partial charge >= 0.3 is 0 Å². The summed E-state index contributed by atoms with van der Waals surface area (Å²) in [5.74, 6) is 0.688. The first-order chi connectivity index (χ1) is 7.76. The molecule has 0 unspecified atom stereocenters. The summed E-state index contributed by atoms with van der Waals surface area (Å²) < 4.78 is 11.9. The van der Waals surface area contributed by atoms with Crippen LogP contribution in [0.3, 0.4) is 0 Å². The van der Waals surface area contributed by atoms with Crippen LogP contribution in [0, 0.1) is 0 Å². The third kappa shape index (κ3) is 6.02. The van der Waals surface area contributed by atoms with Crippen LogP contribution in [0.2, 0.25) is 37.8 Å². The molecule has 0 heterocycles. The number of hydrogen-bond acceptors (Lipinski definition) is 2. The minimum absolute atomic E-state index is 0.217. The maximum atomic E-state index is 6.11. The van der Waals surface area contributed by atoms with Crippen LogP contribution in [0.1, 0.15) is 20.8 Å². The highest BCUT2D eigenvalue weighted by molar-refractivity contribution is 6.74. The minimum atomic E-state index is -1.72. The largest absolute Gasteiger partial charge is 0.544 e. The van der Waals surface area contributed by atoms with E-state index in [2.05, 4.69) is 66.7 Å². The fraction of sp³-hybridized carbons (Fsp3) is 0.714. The summed E-state index contributed by atoms with van der Waals surface area (Å²) in [4.78, 5) is 0. The molecule has 18 heavy (non-hydrogen) atoms. The molecule has 0 bridgehead atoms. The second-order valence-electron chi connectivity index (χ2n) is 7.29. The molecular weight excluding hydrogens is 256 g/mol. The third-order valence-electron chi connectivity index (χ3n) is 3.24. The van der Waals surface area contributed by atoms with Crippen molar-refractivity contribution in [3.05, 3.63) is 24.5 Å². The first kappa shape index (κ1) is 17.7. The lowest BCUT2D eigenvalue weighted by Crippen LogP contribution is -2.41. The van der Waals surface area contributed by atoms with Crippen LogP contribution in [0.5, 0.6) is 0 Å². The van der Waals surface area contributed by atoms with Gasteiger partial charge in [0.1, 0.15) is 5.76 Å². The van der Waals surface area contributed by atoms with Gasteiger partial charge in [-0.3, -0.25) is 0 Å². The van der Waals surface area contributed by atoms with Crippen molar-refractivity contribution in [2.45, 2.75) is 58.5 Å². The summed E-state index contributed by atoms with van der Waals surface area (Å²) in [5, 5.41) is 0.217. The molecule has 0 aliphatic carbocycles. The second kappa shape index (κ2) is 5.76. The van der Waals surface area contributed by atoms with Crippen LogP contribution in [0.25, 0.3) is 0 Å². The molecule has 4 heteroatoms. The van der Waals surface area contributed by atoms with Crippen molar-refractivity contribution >= 4 is 16.6 Å². The average Bonchev–Trinajstić information content (AvgIpc) is 2.09. The Morgan fingerprint density at radius 2 is 1.44 bits per heavy atom. The zero-order chi connectivity index (χ0) is 14.8. The lowest BCUT2D eigenvalue weighted by atomic mass is 10.2. The molecule has 106 valence electrons. The summed E-state index contributed by atoms with van der Waals surface area (Å²) in [6.45, 7) is 26.1. The van der Waals surface area contributed by atoms with E-state index in [4.69, 9.17) is 8.85 Å². The van der Waals surface area contributed by atoms with Crippen molar-refractivity contribution in [3.63, 3.8) is 0 Å². The molecule has 0 aromatic heterocycles. The summed E-state index contributed by atoms with van der Waals surface area (Å²) >= 11 is 0. The van der Waals surface area contributed by atoms with E-state index in [0.717, 1.165) is 5.57 Å². The summed E-state index contributed by atoms with van der Waals surface area (Å²) in [5.41, 5.74) is 0.863. The van der Waals surface area contributed by atoms with Gasteiger partial charge in [0.05, 0.1) is 6.61 Å². The molecule has 0 radical (unpaired) electrons. The summed E-state index contributed by atoms with van der Waals surface area (Å²) in [6, 6.07) is 0. The maximum absolute atomic E-state index is 6.11. The van der Waals surface area contributed by atoms with Crippen LogP contribution < -0.4 is 0 Å². The number of rotatable bonds is 6. The van der Waals surface area contributed by atoms with Gasteiger partial charge < -0.3 is 8.85 Å². The quantitative estimate of drug-likeness (QED) is 0.391. The Bertz CT molecular complexity index is 320. The Balaban J connectivity index is 4.41. The molecule has 0 N–H and O–H groups in total. The predicted molar refractivity (Wildman–Crippen MR) is 85.9 cm³/mol. The Labute approximate surface area is 115 Å². The Kier molecular flexibility index (Phi) is 5.65. The molecule has 2 nitrogen and oxygen atoms in total. The van der Waals surface area contributed by atoms with E-state index in [1.807, 2.05) is 0 Å². The molecule has 0 aliphatic heterocycles. The molecule has 0 spiro atoms. The van der Waals surface area contributed by atoms with Crippen molar-refractivity contribution in [1.29, 1.82) is 0 Å². The van der Waals surface area contributed by atoms with Crippen LogP contribution in [-0.2, 0) is 8.85 Å². The molecule has 0 fully saturated rings. The standard InChI is InChI=1S/C14H30O2Si2/c1-12(13(2)16-17(6,7)8)11-15-18(9,10)14(3,4)5/h1-2,11H2,3-10H3. The van der Waals surface area contributed by atoms with Gasteiger partial charge in [-0.1, -0.05) is 33.9 Å². The van der Waals surface area contributed by atoms with Crippen LogP contribution in [0.15, 0.2) is 24.5 Å². The Hall–Kier alpha value is -0.326. The van der Waals surface area contributed by atoms with Crippen LogP contribution in [-0.4, -0.2) is 23.2 Å². The SMILES string of the molecule is C=C(CO[Si](C)(C)C(C)(C)C)C(=C)O[Si](C)(C)C. The monoisotopic (exact) mass is 286 g/mol. The van der Waals surface area contributed by atoms with Gasteiger partial charge in [-0.25, -0.2) is 0 Å². The van der Waals surface area contributed by atoms with Crippen molar-refractivity contribution in [2.24, 2.45) is 0 Å². The van der Waals surface area contributed by atoms with Gasteiger partial charge in [0, 0.05) is 5.57 Å². The van der Waals surface area contributed by atoms with Crippen molar-refractivity contribution in [1.82, 2.24) is 0 Å². The van der Waals surface area contributed by atoms with Gasteiger partial charge in [-0.2, -0.15) is 0 Å². The smallest absolute Gasteiger partial charge is 0.242 e. The normalized spacial score (nSPS) is 13.3. The first-order valence-corrected chi connectivity index (χ1v) is 12.8. The maximum Gasteiger partial charge on any atom is 0.242 e. The summed E-state index contributed by atoms with van der Waals surface area (Å²) in [6.07, 6.45) is 0. The van der Waals surface area contributed by atoms with Crippen LogP contribution in [0.4, 0.5) is 0 Å². The highest BCUT2D eigenvalue weighted by Crippen LogP contribution is 2.36. The highest BCUT2D eigenvalue weighted by Gasteiger charge is 2.37. The van der Waals surface area contributed by atoms with E-state index >= 15 is 0 Å². The van der Waals surface area contributed by atoms with E-state index < -0.39 is 16.6 Å². The van der Waals surface area contributed by atoms with Crippen LogP contribution >= 0.6 is 0 Å². The van der Waals surface area contributed by atoms with E-state index in [9.17, 15) is 0 Å². The van der Waals surface area contributed by atoms with Gasteiger partial charge in [-0.05, 0) is 37.8 Å². The lowest BCUT2D eigenvalue weighted by molar-refractivity contribution is 0.308. The van der Waals surface area contributed by atoms with E-state index in [1.165, 1.54) is 0 Å². The molecule has 0 aromatic rings. The van der Waals surface area contributed by atoms with Gasteiger partial charge in [-0.15, -0.1) is 0 Å². The lowest BCUT2D eigenvalue weighted by Gasteiger charge is -2.36. The topological polar surface area (TPSA) is 18.5 Å². The molecule has 0 rings (SSSR count). The average molecular weight is 287 g/mol. The van der Waals surface area contributed by atoms with Crippen molar-refractivity contribution in [2.75, 3.05) is 6.61 Å². The molecule has 0 atom stereocenters. The van der Waals surface area contributed by atoms with E-state index in [0.29, 0.717) is 12.4 Å². The van der Waals surface area contributed by atoms with E-state index in [1.54, 1.807) is 0 Å². The third-order valence-corrected chi connectivity index (χ3v) is 8.57. The molecule has 0 amide bonds. The molecule has 0 saturated carbocycles. The highest BCUT2D eigenvalue weighted by atomic mass is 28.4. The second-order valence-corrected chi connectivity index (χ2v) is 16.5. The van der Waals surface area contributed by atoms with Crippen molar-refractivity contribution < 1.29 is 8.85 Å². The Morgan fingerprint density at radius 1 is 1.00 bits per heavy atom. The fourth-order valence-electron chi connectivity index (χ4n) is 1.01. The van der Waals surface area contributed by atoms with Crippen molar-refractivity contribution in [3.8, 4) is 0 Å². The molecule has 0 aromatic carbocycles. The molecule has 0 saturated heterocycles. The zero-order valence-electron chi connectivity index (χ0n) is 13.4. The molecule has 0 aliphatic rings. The number of hydrogen-bond donors (Lipinski definition) is 0. The summed E-state index contributed by atoms with van der Waals surface area (Å²) in [7, 11) is -3.32.